The highest BCUT2D eigenvalue weighted by Gasteiger charge is 2.52. The number of rotatable bonds is 5. The molecule has 0 fully saturated rings. The normalized spacial score (nSPS) is 20.4. The van der Waals surface area contributed by atoms with Gasteiger partial charge in [-0.15, -0.1) is 0 Å². The van der Waals surface area contributed by atoms with Crippen molar-refractivity contribution < 1.29 is 9.53 Å². The minimum atomic E-state index is -0.557. The molecule has 1 aliphatic rings. The Bertz CT molecular complexity index is 628. The predicted octanol–water partition coefficient (Wildman–Crippen LogP) is 3.94. The van der Waals surface area contributed by atoms with Gasteiger partial charge in [0, 0.05) is 0 Å². The fourth-order valence-corrected chi connectivity index (χ4v) is 3.19. The van der Waals surface area contributed by atoms with Crippen LogP contribution < -0.4 is 0 Å². The van der Waals surface area contributed by atoms with Crippen LogP contribution in [0.25, 0.3) is 5.57 Å². The number of hydrogen-bond donors (Lipinski definition) is 0. The van der Waals surface area contributed by atoms with Crippen LogP contribution in [0.2, 0.25) is 0 Å². The molecule has 3 heteroatoms. The Morgan fingerprint density at radius 2 is 2.05 bits per heavy atom. The van der Waals surface area contributed by atoms with Crippen LogP contribution in [-0.4, -0.2) is 12.6 Å². The maximum atomic E-state index is 12.4. The Morgan fingerprint density at radius 1 is 1.25 bits per heavy atom. The second-order valence-corrected chi connectivity index (χ2v) is 5.70. The molecule has 1 heterocycles. The molecule has 2 nitrogen and oxygen atoms in total. The molecule has 1 aliphatic carbocycles. The lowest BCUT2D eigenvalue weighted by Gasteiger charge is -2.17. The number of benzene rings is 1. The maximum Gasteiger partial charge on any atom is 0.320 e. The van der Waals surface area contributed by atoms with E-state index < -0.39 is 5.41 Å². The van der Waals surface area contributed by atoms with E-state index in [1.807, 2.05) is 36.6 Å². The summed E-state index contributed by atoms with van der Waals surface area (Å²) in [7, 11) is 0. The van der Waals surface area contributed by atoms with E-state index in [0.29, 0.717) is 13.0 Å². The van der Waals surface area contributed by atoms with Gasteiger partial charge in [0.05, 0.1) is 6.61 Å². The molecule has 102 valence electrons. The van der Waals surface area contributed by atoms with Gasteiger partial charge in [-0.3, -0.25) is 4.79 Å². The van der Waals surface area contributed by atoms with Gasteiger partial charge in [-0.05, 0) is 46.9 Å². The van der Waals surface area contributed by atoms with Crippen molar-refractivity contribution in [3.8, 4) is 0 Å². The summed E-state index contributed by atoms with van der Waals surface area (Å²) in [6.45, 7) is 2.26. The van der Waals surface area contributed by atoms with E-state index in [2.05, 4.69) is 23.6 Å². The third-order valence-corrected chi connectivity index (χ3v) is 4.27. The first kappa shape index (κ1) is 13.1. The number of carbonyl (C=O) groups excluding carboxylic acids is 1. The van der Waals surface area contributed by atoms with E-state index in [-0.39, 0.29) is 5.97 Å². The molecule has 2 aromatic rings. The molecule has 1 unspecified atom stereocenters. The summed E-state index contributed by atoms with van der Waals surface area (Å²) >= 11 is 1.65. The van der Waals surface area contributed by atoms with Gasteiger partial charge in [0.25, 0.3) is 0 Å². The quantitative estimate of drug-likeness (QED) is 0.777. The number of ether oxygens (including phenoxy) is 1. The smallest absolute Gasteiger partial charge is 0.320 e. The third kappa shape index (κ3) is 2.29. The summed E-state index contributed by atoms with van der Waals surface area (Å²) in [6.07, 6.45) is 2.72. The average Bonchev–Trinajstić information content (AvgIpc) is 2.95. The molecule has 0 radical (unpaired) electrons. The molecule has 1 atom stereocenters. The van der Waals surface area contributed by atoms with Gasteiger partial charge in [0.15, 0.2) is 0 Å². The van der Waals surface area contributed by atoms with Crippen LogP contribution in [0.3, 0.4) is 0 Å². The summed E-state index contributed by atoms with van der Waals surface area (Å²) in [5, 5.41) is 4.12. The van der Waals surface area contributed by atoms with Gasteiger partial charge in [0.1, 0.15) is 5.41 Å². The Kier molecular flexibility index (Phi) is 3.45. The fourth-order valence-electron chi connectivity index (χ4n) is 2.53. The second kappa shape index (κ2) is 5.25. The van der Waals surface area contributed by atoms with Gasteiger partial charge >= 0.3 is 5.97 Å². The van der Waals surface area contributed by atoms with Crippen LogP contribution in [0.5, 0.6) is 0 Å². The topological polar surface area (TPSA) is 26.3 Å². The first-order valence-corrected chi connectivity index (χ1v) is 7.67. The van der Waals surface area contributed by atoms with Crippen molar-refractivity contribution in [2.24, 2.45) is 5.41 Å². The van der Waals surface area contributed by atoms with Crippen LogP contribution in [0, 0.1) is 5.41 Å². The molecular formula is C17H16O2S. The molecule has 3 rings (SSSR count). The number of esters is 1. The highest BCUT2D eigenvalue weighted by atomic mass is 32.1. The highest BCUT2D eigenvalue weighted by molar-refractivity contribution is 7.08. The van der Waals surface area contributed by atoms with E-state index in [1.165, 1.54) is 0 Å². The Balaban J connectivity index is 1.86. The summed E-state index contributed by atoms with van der Waals surface area (Å²) < 4.78 is 5.28. The minimum Gasteiger partial charge on any atom is -0.465 e. The molecule has 0 aliphatic heterocycles. The zero-order chi connectivity index (χ0) is 14.0. The average molecular weight is 284 g/mol. The highest BCUT2D eigenvalue weighted by Crippen LogP contribution is 2.54. The molecule has 0 amide bonds. The molecule has 0 saturated heterocycles. The van der Waals surface area contributed by atoms with Crippen LogP contribution >= 0.6 is 11.3 Å². The van der Waals surface area contributed by atoms with E-state index >= 15 is 0 Å². The number of thiophene rings is 1. The zero-order valence-corrected chi connectivity index (χ0v) is 12.2. The predicted molar refractivity (Wildman–Crippen MR) is 81.5 cm³/mol. The SMILES string of the molecule is CCOC(=O)C1(Cc2ccccc2)C=C1c1ccsc1. The third-order valence-electron chi connectivity index (χ3n) is 3.59. The first-order chi connectivity index (χ1) is 9.76. The van der Waals surface area contributed by atoms with Crippen molar-refractivity contribution in [1.82, 2.24) is 0 Å². The monoisotopic (exact) mass is 284 g/mol. The largest absolute Gasteiger partial charge is 0.465 e. The van der Waals surface area contributed by atoms with E-state index in [0.717, 1.165) is 16.7 Å². The summed E-state index contributed by atoms with van der Waals surface area (Å²) in [5.74, 6) is -0.134. The Hall–Kier alpha value is -1.87. The van der Waals surface area contributed by atoms with Crippen LogP contribution in [-0.2, 0) is 16.0 Å². The summed E-state index contributed by atoms with van der Waals surface area (Å²) in [6, 6.07) is 12.2. The van der Waals surface area contributed by atoms with Crippen molar-refractivity contribution in [2.75, 3.05) is 6.61 Å². The number of carbonyl (C=O) groups is 1. The van der Waals surface area contributed by atoms with Gasteiger partial charge < -0.3 is 4.74 Å². The standard InChI is InChI=1S/C17H16O2S/c1-2-19-16(18)17(10-13-6-4-3-5-7-13)11-15(17)14-8-9-20-12-14/h3-9,11-12H,2,10H2,1H3. The van der Waals surface area contributed by atoms with Gasteiger partial charge in [-0.1, -0.05) is 36.4 Å². The van der Waals surface area contributed by atoms with E-state index in [1.54, 1.807) is 11.3 Å². The number of hydrogen-bond acceptors (Lipinski definition) is 3. The lowest BCUT2D eigenvalue weighted by molar-refractivity contribution is -0.148. The molecule has 20 heavy (non-hydrogen) atoms. The van der Waals surface area contributed by atoms with Crippen molar-refractivity contribution in [2.45, 2.75) is 13.3 Å². The van der Waals surface area contributed by atoms with E-state index in [4.69, 9.17) is 4.74 Å². The van der Waals surface area contributed by atoms with Gasteiger partial charge in [0.2, 0.25) is 0 Å². The van der Waals surface area contributed by atoms with Crippen LogP contribution in [0.4, 0.5) is 0 Å². The minimum absolute atomic E-state index is 0.134. The zero-order valence-electron chi connectivity index (χ0n) is 11.3. The molecule has 0 spiro atoms. The molecule has 1 aromatic carbocycles. The second-order valence-electron chi connectivity index (χ2n) is 4.92. The lowest BCUT2D eigenvalue weighted by atomic mass is 9.89. The van der Waals surface area contributed by atoms with Crippen molar-refractivity contribution in [3.63, 3.8) is 0 Å². The fraction of sp³-hybridized carbons (Fsp3) is 0.235. The van der Waals surface area contributed by atoms with Gasteiger partial charge in [-0.2, -0.15) is 11.3 Å². The Labute approximate surface area is 122 Å². The van der Waals surface area contributed by atoms with Crippen LogP contribution in [0.15, 0.2) is 53.2 Å². The molecule has 0 bridgehead atoms. The van der Waals surface area contributed by atoms with Gasteiger partial charge in [-0.25, -0.2) is 0 Å². The summed E-state index contributed by atoms with van der Waals surface area (Å²) in [5.41, 5.74) is 2.83. The first-order valence-electron chi connectivity index (χ1n) is 6.73. The molecule has 1 aromatic heterocycles. The van der Waals surface area contributed by atoms with Crippen molar-refractivity contribution >= 4 is 22.9 Å². The summed E-state index contributed by atoms with van der Waals surface area (Å²) in [4.78, 5) is 12.4. The maximum absolute atomic E-state index is 12.4. The molecule has 0 N–H and O–H groups in total. The Morgan fingerprint density at radius 3 is 2.70 bits per heavy atom. The lowest BCUT2D eigenvalue weighted by Crippen LogP contribution is -2.24. The van der Waals surface area contributed by atoms with Crippen molar-refractivity contribution in [3.05, 3.63) is 64.4 Å². The van der Waals surface area contributed by atoms with E-state index in [9.17, 15) is 4.79 Å². The van der Waals surface area contributed by atoms with Crippen molar-refractivity contribution in [1.29, 1.82) is 0 Å². The van der Waals surface area contributed by atoms with Crippen LogP contribution in [0.1, 0.15) is 18.1 Å². The molecule has 0 saturated carbocycles. The molecular weight excluding hydrogens is 268 g/mol.